The molecule has 9 heteroatoms. The first-order valence-corrected chi connectivity index (χ1v) is 6.58. The molecule has 2 rings (SSSR count). The van der Waals surface area contributed by atoms with Crippen LogP contribution in [0.4, 0.5) is 10.5 Å². The molecule has 0 saturated carbocycles. The second kappa shape index (κ2) is 5.92. The van der Waals surface area contributed by atoms with Crippen molar-refractivity contribution in [1.82, 2.24) is 10.2 Å². The molecule has 8 nitrogen and oxygen atoms in total. The first-order chi connectivity index (χ1) is 9.88. The number of aromatic carboxylic acids is 1. The molecule has 1 fully saturated rings. The van der Waals surface area contributed by atoms with Gasteiger partial charge in [0.1, 0.15) is 6.54 Å². The van der Waals surface area contributed by atoms with E-state index in [1.54, 1.807) is 6.07 Å². The van der Waals surface area contributed by atoms with Gasteiger partial charge in [0.2, 0.25) is 5.91 Å². The topological polar surface area (TPSA) is 116 Å². The molecule has 3 N–H and O–H groups in total. The maximum Gasteiger partial charge on any atom is 0.337 e. The fourth-order valence-corrected chi connectivity index (χ4v) is 2.11. The predicted molar refractivity (Wildman–Crippen MR) is 74.8 cm³/mol. The number of hydrogen-bond acceptors (Lipinski definition) is 4. The highest BCUT2D eigenvalue weighted by atomic mass is 79.9. The Morgan fingerprint density at radius 1 is 1.38 bits per heavy atom. The normalized spacial score (nSPS) is 14.0. The predicted octanol–water partition coefficient (Wildman–Crippen LogP) is 0.638. The number of amides is 4. The first kappa shape index (κ1) is 15.0. The quantitative estimate of drug-likeness (QED) is 0.685. The number of carbonyl (C=O) groups is 4. The fourth-order valence-electron chi connectivity index (χ4n) is 1.75. The summed E-state index contributed by atoms with van der Waals surface area (Å²) in [5.41, 5.74) is -0.0160. The number of nitrogens with one attached hydrogen (secondary N) is 2. The average Bonchev–Trinajstić information content (AvgIpc) is 2.72. The molecule has 4 amide bonds. The molecule has 1 aromatic carbocycles. The number of carboxylic acids is 1. The summed E-state index contributed by atoms with van der Waals surface area (Å²) in [6, 6.07) is 3.67. The smallest absolute Gasteiger partial charge is 0.337 e. The summed E-state index contributed by atoms with van der Waals surface area (Å²) in [5.74, 6) is -2.38. The largest absolute Gasteiger partial charge is 0.478 e. The van der Waals surface area contributed by atoms with Crippen LogP contribution in [0.15, 0.2) is 22.7 Å². The summed E-state index contributed by atoms with van der Waals surface area (Å²) in [7, 11) is 0. The van der Waals surface area contributed by atoms with Crippen LogP contribution in [0.5, 0.6) is 0 Å². The van der Waals surface area contributed by atoms with Crippen molar-refractivity contribution in [3.8, 4) is 0 Å². The molecule has 0 atom stereocenters. The van der Waals surface area contributed by atoms with Crippen molar-refractivity contribution in [2.75, 3.05) is 18.4 Å². The van der Waals surface area contributed by atoms with Crippen molar-refractivity contribution >= 4 is 45.4 Å². The molecule has 0 spiro atoms. The zero-order valence-corrected chi connectivity index (χ0v) is 12.1. The summed E-state index contributed by atoms with van der Waals surface area (Å²) in [4.78, 5) is 46.4. The molecular formula is C12H10BrN3O5. The van der Waals surface area contributed by atoms with E-state index in [-0.39, 0.29) is 17.8 Å². The van der Waals surface area contributed by atoms with E-state index >= 15 is 0 Å². The molecule has 0 radical (unpaired) electrons. The van der Waals surface area contributed by atoms with E-state index in [0.717, 1.165) is 4.90 Å². The molecular weight excluding hydrogens is 346 g/mol. The Morgan fingerprint density at radius 2 is 2.10 bits per heavy atom. The van der Waals surface area contributed by atoms with Crippen molar-refractivity contribution in [2.45, 2.75) is 0 Å². The van der Waals surface area contributed by atoms with Crippen LogP contribution in [0.25, 0.3) is 0 Å². The van der Waals surface area contributed by atoms with Gasteiger partial charge in [0.25, 0.3) is 5.91 Å². The fraction of sp³-hybridized carbons (Fsp3) is 0.167. The van der Waals surface area contributed by atoms with Crippen LogP contribution in [0.2, 0.25) is 0 Å². The number of carbonyl (C=O) groups excluding carboxylic acids is 3. The van der Waals surface area contributed by atoms with Gasteiger partial charge in [-0.15, -0.1) is 0 Å². The molecule has 0 unspecified atom stereocenters. The Labute approximate surface area is 127 Å². The summed E-state index contributed by atoms with van der Waals surface area (Å²) >= 11 is 3.14. The maximum absolute atomic E-state index is 11.8. The van der Waals surface area contributed by atoms with Gasteiger partial charge in [0.05, 0.1) is 17.8 Å². The van der Waals surface area contributed by atoms with Gasteiger partial charge in [-0.25, -0.2) is 9.59 Å². The second-order valence-corrected chi connectivity index (χ2v) is 5.10. The number of halogens is 1. The Balaban J connectivity index is 2.11. The summed E-state index contributed by atoms with van der Waals surface area (Å²) in [6.45, 7) is -0.620. The maximum atomic E-state index is 11.8. The third-order valence-corrected chi connectivity index (χ3v) is 3.22. The zero-order valence-electron chi connectivity index (χ0n) is 10.6. The summed E-state index contributed by atoms with van der Waals surface area (Å²) in [5, 5.41) is 13.7. The number of nitrogens with zero attached hydrogens (tertiary/aromatic N) is 1. The van der Waals surface area contributed by atoms with Crippen molar-refractivity contribution in [1.29, 1.82) is 0 Å². The van der Waals surface area contributed by atoms with Gasteiger partial charge in [0, 0.05) is 4.47 Å². The molecule has 0 aromatic heterocycles. The van der Waals surface area contributed by atoms with Gasteiger partial charge in [-0.2, -0.15) is 0 Å². The third kappa shape index (κ3) is 3.37. The molecule has 1 aromatic rings. The summed E-state index contributed by atoms with van der Waals surface area (Å²) < 4.78 is 0.548. The molecule has 0 bridgehead atoms. The highest BCUT2D eigenvalue weighted by Gasteiger charge is 2.30. The minimum atomic E-state index is -1.21. The van der Waals surface area contributed by atoms with Gasteiger partial charge < -0.3 is 15.7 Å². The zero-order chi connectivity index (χ0) is 15.6. The monoisotopic (exact) mass is 355 g/mol. The minimum Gasteiger partial charge on any atom is -0.478 e. The van der Waals surface area contributed by atoms with Crippen molar-refractivity contribution in [3.63, 3.8) is 0 Å². The number of imide groups is 1. The van der Waals surface area contributed by atoms with E-state index in [0.29, 0.717) is 4.47 Å². The van der Waals surface area contributed by atoms with Crippen LogP contribution in [0, 0.1) is 0 Å². The van der Waals surface area contributed by atoms with E-state index in [4.69, 9.17) is 5.11 Å². The Hall–Kier alpha value is -2.42. The van der Waals surface area contributed by atoms with Gasteiger partial charge >= 0.3 is 12.0 Å². The number of benzene rings is 1. The van der Waals surface area contributed by atoms with Gasteiger partial charge in [-0.1, -0.05) is 15.9 Å². The molecule has 0 aliphatic carbocycles. The van der Waals surface area contributed by atoms with Crippen LogP contribution < -0.4 is 10.6 Å². The van der Waals surface area contributed by atoms with Gasteiger partial charge in [-0.05, 0) is 18.2 Å². The highest BCUT2D eigenvalue weighted by molar-refractivity contribution is 9.10. The van der Waals surface area contributed by atoms with E-state index in [1.165, 1.54) is 12.1 Å². The molecule has 110 valence electrons. The van der Waals surface area contributed by atoms with E-state index in [9.17, 15) is 19.2 Å². The van der Waals surface area contributed by atoms with Crippen molar-refractivity contribution in [2.24, 2.45) is 0 Å². The molecule has 1 saturated heterocycles. The third-order valence-electron chi connectivity index (χ3n) is 2.72. The second-order valence-electron chi connectivity index (χ2n) is 4.18. The lowest BCUT2D eigenvalue weighted by molar-refractivity contribution is -0.128. The first-order valence-electron chi connectivity index (χ1n) is 5.79. The number of rotatable bonds is 4. The highest BCUT2D eigenvalue weighted by Crippen LogP contribution is 2.21. The van der Waals surface area contributed by atoms with E-state index < -0.39 is 30.4 Å². The van der Waals surface area contributed by atoms with Crippen LogP contribution >= 0.6 is 15.9 Å². The Kier molecular flexibility index (Phi) is 4.22. The van der Waals surface area contributed by atoms with Crippen molar-refractivity contribution < 1.29 is 24.3 Å². The van der Waals surface area contributed by atoms with Crippen LogP contribution in [0.3, 0.4) is 0 Å². The Bertz CT molecular complexity index is 630. The van der Waals surface area contributed by atoms with Crippen LogP contribution in [-0.4, -0.2) is 46.9 Å². The molecule has 1 aliphatic heterocycles. The number of anilines is 1. The van der Waals surface area contributed by atoms with E-state index in [2.05, 4.69) is 26.6 Å². The van der Waals surface area contributed by atoms with Gasteiger partial charge in [-0.3, -0.25) is 14.5 Å². The molecule has 1 heterocycles. The average molecular weight is 356 g/mol. The number of urea groups is 1. The Morgan fingerprint density at radius 3 is 2.67 bits per heavy atom. The minimum absolute atomic E-state index is 0.0859. The lowest BCUT2D eigenvalue weighted by Gasteiger charge is -2.13. The molecule has 21 heavy (non-hydrogen) atoms. The van der Waals surface area contributed by atoms with Crippen LogP contribution in [-0.2, 0) is 9.59 Å². The van der Waals surface area contributed by atoms with Crippen LogP contribution in [0.1, 0.15) is 10.4 Å². The molecule has 1 aliphatic rings. The number of hydrogen-bond donors (Lipinski definition) is 3. The number of carboxylic acid groups (broad SMARTS) is 1. The lowest BCUT2D eigenvalue weighted by atomic mass is 10.2. The SMILES string of the molecule is O=C(CN1C(=O)CNC1=O)Nc1ccc(Br)cc1C(=O)O. The van der Waals surface area contributed by atoms with Crippen molar-refractivity contribution in [3.05, 3.63) is 28.2 Å². The summed E-state index contributed by atoms with van der Waals surface area (Å²) in [6.07, 6.45) is 0. The van der Waals surface area contributed by atoms with E-state index in [1.807, 2.05) is 0 Å². The van der Waals surface area contributed by atoms with Gasteiger partial charge in [0.15, 0.2) is 0 Å². The lowest BCUT2D eigenvalue weighted by Crippen LogP contribution is -2.38. The standard InChI is InChI=1S/C12H10BrN3O5/c13-6-1-2-8(7(3-6)11(19)20)15-9(17)5-16-10(18)4-14-12(16)21/h1-3H,4-5H2,(H,14,21)(H,15,17)(H,19,20).